The van der Waals surface area contributed by atoms with E-state index < -0.39 is 17.9 Å². The van der Waals surface area contributed by atoms with Crippen LogP contribution in [0.1, 0.15) is 20.3 Å². The van der Waals surface area contributed by atoms with E-state index in [1.807, 2.05) is 13.8 Å². The van der Waals surface area contributed by atoms with E-state index in [0.29, 0.717) is 6.61 Å². The number of ether oxygens (including phenoxy) is 2. The highest BCUT2D eigenvalue weighted by atomic mass is 16.5. The fraction of sp³-hybridized carbons (Fsp3) is 0.800. The van der Waals surface area contributed by atoms with Crippen molar-refractivity contribution in [3.05, 3.63) is 0 Å². The molecule has 0 fully saturated rings. The molecular formula is C10H18O5. The van der Waals surface area contributed by atoms with Gasteiger partial charge in [0.25, 0.3) is 0 Å². The van der Waals surface area contributed by atoms with Gasteiger partial charge in [-0.25, -0.2) is 0 Å². The first-order valence-electron chi connectivity index (χ1n) is 4.84. The third-order valence-electron chi connectivity index (χ3n) is 1.71. The largest absolute Gasteiger partial charge is 0.481 e. The summed E-state index contributed by atoms with van der Waals surface area (Å²) in [7, 11) is 1.40. The summed E-state index contributed by atoms with van der Waals surface area (Å²) in [5, 5.41) is 8.74. The van der Waals surface area contributed by atoms with Gasteiger partial charge < -0.3 is 14.6 Å². The maximum Gasteiger partial charge on any atom is 0.309 e. The number of aliphatic carboxylic acids is 1. The molecular weight excluding hydrogens is 200 g/mol. The Kier molecular flexibility index (Phi) is 6.70. The molecule has 88 valence electrons. The van der Waals surface area contributed by atoms with Gasteiger partial charge in [0.15, 0.2) is 0 Å². The van der Waals surface area contributed by atoms with Crippen LogP contribution in [0.15, 0.2) is 0 Å². The second-order valence-electron chi connectivity index (χ2n) is 3.77. The van der Waals surface area contributed by atoms with Crippen LogP contribution in [-0.2, 0) is 19.1 Å². The van der Waals surface area contributed by atoms with Crippen molar-refractivity contribution in [3.63, 3.8) is 0 Å². The Bertz CT molecular complexity index is 212. The van der Waals surface area contributed by atoms with Crippen LogP contribution >= 0.6 is 0 Å². The lowest BCUT2D eigenvalue weighted by molar-refractivity contribution is -0.153. The summed E-state index contributed by atoms with van der Waals surface area (Å²) < 4.78 is 9.58. The summed E-state index contributed by atoms with van der Waals surface area (Å²) in [5.74, 6) is -2.11. The molecule has 0 amide bonds. The number of carboxylic acid groups (broad SMARTS) is 1. The average Bonchev–Trinajstić information content (AvgIpc) is 2.14. The lowest BCUT2D eigenvalue weighted by atomic mass is 10.1. The highest BCUT2D eigenvalue weighted by Crippen LogP contribution is 2.06. The van der Waals surface area contributed by atoms with E-state index in [0.717, 1.165) is 0 Å². The van der Waals surface area contributed by atoms with E-state index in [1.54, 1.807) is 0 Å². The summed E-state index contributed by atoms with van der Waals surface area (Å²) in [5.41, 5.74) is 0. The molecule has 0 aromatic rings. The van der Waals surface area contributed by atoms with Gasteiger partial charge in [-0.15, -0.1) is 0 Å². The molecule has 0 aliphatic heterocycles. The molecule has 1 N–H and O–H groups in total. The third-order valence-corrected chi connectivity index (χ3v) is 1.71. The lowest BCUT2D eigenvalue weighted by Gasteiger charge is -2.11. The number of carboxylic acids is 1. The van der Waals surface area contributed by atoms with Crippen molar-refractivity contribution in [2.75, 3.05) is 20.3 Å². The molecule has 1 atom stereocenters. The number of carbonyl (C=O) groups excluding carboxylic acids is 1. The minimum atomic E-state index is -1.04. The van der Waals surface area contributed by atoms with E-state index in [9.17, 15) is 9.59 Å². The SMILES string of the molecule is COC[C@@H](CC(=O)OCC(C)C)C(=O)O. The second-order valence-corrected chi connectivity index (χ2v) is 3.77. The first kappa shape index (κ1) is 13.9. The molecule has 0 spiro atoms. The molecule has 5 nitrogen and oxygen atoms in total. The van der Waals surface area contributed by atoms with Crippen molar-refractivity contribution in [3.8, 4) is 0 Å². The fourth-order valence-corrected chi connectivity index (χ4v) is 0.938. The second kappa shape index (κ2) is 7.23. The number of methoxy groups -OCH3 is 1. The summed E-state index contributed by atoms with van der Waals surface area (Å²) in [6.45, 7) is 4.17. The van der Waals surface area contributed by atoms with E-state index in [1.165, 1.54) is 7.11 Å². The molecule has 0 aromatic carbocycles. The van der Waals surface area contributed by atoms with Gasteiger partial charge in [-0.05, 0) is 5.92 Å². The molecule has 0 aliphatic rings. The Hall–Kier alpha value is -1.10. The van der Waals surface area contributed by atoms with Crippen LogP contribution in [0.2, 0.25) is 0 Å². The van der Waals surface area contributed by atoms with Crippen molar-refractivity contribution in [2.24, 2.45) is 11.8 Å². The van der Waals surface area contributed by atoms with E-state index in [2.05, 4.69) is 0 Å². The van der Waals surface area contributed by atoms with Crippen molar-refractivity contribution >= 4 is 11.9 Å². The lowest BCUT2D eigenvalue weighted by Crippen LogP contribution is -2.24. The van der Waals surface area contributed by atoms with Crippen molar-refractivity contribution < 1.29 is 24.2 Å². The van der Waals surface area contributed by atoms with Crippen LogP contribution in [0.25, 0.3) is 0 Å². The maximum atomic E-state index is 11.2. The number of carbonyl (C=O) groups is 2. The zero-order valence-electron chi connectivity index (χ0n) is 9.36. The van der Waals surface area contributed by atoms with Crippen LogP contribution in [0.5, 0.6) is 0 Å². The van der Waals surface area contributed by atoms with Gasteiger partial charge in [0, 0.05) is 7.11 Å². The Labute approximate surface area is 89.4 Å². The average molecular weight is 218 g/mol. The Morgan fingerprint density at radius 2 is 1.87 bits per heavy atom. The van der Waals surface area contributed by atoms with Gasteiger partial charge in [-0.2, -0.15) is 0 Å². The Morgan fingerprint density at radius 1 is 1.27 bits per heavy atom. The van der Waals surface area contributed by atoms with Gasteiger partial charge in [0.2, 0.25) is 0 Å². The zero-order valence-corrected chi connectivity index (χ0v) is 9.36. The van der Waals surface area contributed by atoms with Gasteiger partial charge in [-0.3, -0.25) is 9.59 Å². The molecule has 0 unspecified atom stereocenters. The van der Waals surface area contributed by atoms with Crippen molar-refractivity contribution in [2.45, 2.75) is 20.3 Å². The number of hydrogen-bond acceptors (Lipinski definition) is 4. The predicted octanol–water partition coefficient (Wildman–Crippen LogP) is 0.923. The standard InChI is InChI=1S/C10H18O5/c1-7(2)5-15-9(11)4-8(6-14-3)10(12)13/h7-8H,4-6H2,1-3H3,(H,12,13)/t8-/m1/s1. The summed E-state index contributed by atoms with van der Waals surface area (Å²) >= 11 is 0. The third kappa shape index (κ3) is 6.90. The minimum Gasteiger partial charge on any atom is -0.481 e. The minimum absolute atomic E-state index is 0.0200. The Balaban J connectivity index is 3.94. The molecule has 0 heterocycles. The highest BCUT2D eigenvalue weighted by Gasteiger charge is 2.22. The normalized spacial score (nSPS) is 12.5. The topological polar surface area (TPSA) is 72.8 Å². The number of esters is 1. The van der Waals surface area contributed by atoms with E-state index in [-0.39, 0.29) is 18.9 Å². The molecule has 0 rings (SSSR count). The van der Waals surface area contributed by atoms with E-state index >= 15 is 0 Å². The molecule has 0 saturated heterocycles. The van der Waals surface area contributed by atoms with Crippen LogP contribution in [0.4, 0.5) is 0 Å². The first-order valence-corrected chi connectivity index (χ1v) is 4.84. The highest BCUT2D eigenvalue weighted by molar-refractivity contribution is 5.78. The van der Waals surface area contributed by atoms with Gasteiger partial charge >= 0.3 is 11.9 Å². The van der Waals surface area contributed by atoms with Crippen molar-refractivity contribution in [1.82, 2.24) is 0 Å². The maximum absolute atomic E-state index is 11.2. The van der Waals surface area contributed by atoms with Crippen LogP contribution < -0.4 is 0 Å². The zero-order chi connectivity index (χ0) is 11.8. The molecule has 0 radical (unpaired) electrons. The van der Waals surface area contributed by atoms with Crippen LogP contribution in [-0.4, -0.2) is 37.4 Å². The van der Waals surface area contributed by atoms with Crippen LogP contribution in [0, 0.1) is 11.8 Å². The number of rotatable bonds is 7. The molecule has 0 bridgehead atoms. The monoisotopic (exact) mass is 218 g/mol. The van der Waals surface area contributed by atoms with Crippen LogP contribution in [0.3, 0.4) is 0 Å². The molecule has 0 aliphatic carbocycles. The summed E-state index contributed by atoms with van der Waals surface area (Å²) in [4.78, 5) is 21.9. The first-order chi connectivity index (χ1) is 6.97. The molecule has 0 saturated carbocycles. The van der Waals surface area contributed by atoms with Crippen molar-refractivity contribution in [1.29, 1.82) is 0 Å². The molecule has 5 heteroatoms. The molecule has 15 heavy (non-hydrogen) atoms. The summed E-state index contributed by atoms with van der Waals surface area (Å²) in [6, 6.07) is 0. The smallest absolute Gasteiger partial charge is 0.309 e. The quantitative estimate of drug-likeness (QED) is 0.643. The Morgan fingerprint density at radius 3 is 2.27 bits per heavy atom. The van der Waals surface area contributed by atoms with Gasteiger partial charge in [0.05, 0.1) is 25.6 Å². The predicted molar refractivity (Wildman–Crippen MR) is 53.4 cm³/mol. The summed E-state index contributed by atoms with van der Waals surface area (Å²) in [6.07, 6.45) is -0.143. The number of hydrogen-bond donors (Lipinski definition) is 1. The van der Waals surface area contributed by atoms with Gasteiger partial charge in [0.1, 0.15) is 0 Å². The van der Waals surface area contributed by atoms with E-state index in [4.69, 9.17) is 14.6 Å². The molecule has 0 aromatic heterocycles. The fourth-order valence-electron chi connectivity index (χ4n) is 0.938. The van der Waals surface area contributed by atoms with Gasteiger partial charge in [-0.1, -0.05) is 13.8 Å².